The third-order valence-corrected chi connectivity index (χ3v) is 2.34. The lowest BCUT2D eigenvalue weighted by molar-refractivity contribution is -0.138. The van der Waals surface area contributed by atoms with Crippen LogP contribution in [0.3, 0.4) is 0 Å². The molecule has 0 radical (unpaired) electrons. The lowest BCUT2D eigenvalue weighted by atomic mass is 10.1. The van der Waals surface area contributed by atoms with E-state index in [1.807, 2.05) is 0 Å². The summed E-state index contributed by atoms with van der Waals surface area (Å²) in [6.45, 7) is 0.993. The first-order valence-corrected chi connectivity index (χ1v) is 4.83. The lowest BCUT2D eigenvalue weighted by Crippen LogP contribution is -2.11. The number of hydrogen-bond acceptors (Lipinski definition) is 1. The van der Waals surface area contributed by atoms with Crippen molar-refractivity contribution in [2.45, 2.75) is 19.5 Å². The molecule has 1 heterocycles. The molecule has 1 aromatic heterocycles. The summed E-state index contributed by atoms with van der Waals surface area (Å²) in [6.07, 6.45) is -7.63. The summed E-state index contributed by atoms with van der Waals surface area (Å²) in [7, 11) is 0. The maximum atomic E-state index is 12.4. The van der Waals surface area contributed by atoms with Crippen molar-refractivity contribution in [2.24, 2.45) is 0 Å². The lowest BCUT2D eigenvalue weighted by Gasteiger charge is -2.13. The fourth-order valence-corrected chi connectivity index (χ4v) is 1.67. The van der Waals surface area contributed by atoms with Gasteiger partial charge in [-0.3, -0.25) is 0 Å². The second kappa shape index (κ2) is 4.18. The van der Waals surface area contributed by atoms with Gasteiger partial charge in [-0.05, 0) is 41.1 Å². The van der Waals surface area contributed by atoms with Gasteiger partial charge in [0.15, 0.2) is 0 Å². The highest BCUT2D eigenvalue weighted by Crippen LogP contribution is 2.35. The predicted octanol–water partition coefficient (Wildman–Crippen LogP) is 3.95. The maximum Gasteiger partial charge on any atom is 0.416 e. The number of pyridine rings is 1. The van der Waals surface area contributed by atoms with Gasteiger partial charge in [0.25, 0.3) is 6.43 Å². The molecule has 1 aromatic rings. The standard InChI is InChI=1S/C8H5F5IN/c1-3-4(8(11,12)13)2-5(14)15-6(3)7(9)10/h2,7H,1H3. The highest BCUT2D eigenvalue weighted by atomic mass is 127. The fourth-order valence-electron chi connectivity index (χ4n) is 1.10. The van der Waals surface area contributed by atoms with E-state index in [2.05, 4.69) is 4.98 Å². The van der Waals surface area contributed by atoms with Crippen molar-refractivity contribution in [1.82, 2.24) is 4.98 Å². The predicted molar refractivity (Wildman–Crippen MR) is 51.7 cm³/mol. The summed E-state index contributed by atoms with van der Waals surface area (Å²) < 4.78 is 61.8. The summed E-state index contributed by atoms with van der Waals surface area (Å²) in [6, 6.07) is 0.752. The summed E-state index contributed by atoms with van der Waals surface area (Å²) in [4.78, 5) is 3.38. The van der Waals surface area contributed by atoms with Crippen LogP contribution in [-0.2, 0) is 6.18 Å². The van der Waals surface area contributed by atoms with Crippen LogP contribution in [0.5, 0.6) is 0 Å². The minimum absolute atomic E-state index is 0.0965. The van der Waals surface area contributed by atoms with Crippen LogP contribution < -0.4 is 0 Å². The van der Waals surface area contributed by atoms with Gasteiger partial charge in [-0.15, -0.1) is 0 Å². The molecule has 0 atom stereocenters. The molecule has 0 unspecified atom stereocenters. The van der Waals surface area contributed by atoms with E-state index in [0.29, 0.717) is 0 Å². The average molecular weight is 337 g/mol. The SMILES string of the molecule is Cc1c(C(F)(F)F)cc(I)nc1C(F)F. The Balaban J connectivity index is 3.42. The summed E-state index contributed by atoms with van der Waals surface area (Å²) in [5.74, 6) is 0. The number of alkyl halides is 5. The van der Waals surface area contributed by atoms with Crippen LogP contribution in [0.4, 0.5) is 22.0 Å². The molecule has 0 bridgehead atoms. The molecule has 0 aliphatic carbocycles. The molecule has 1 nitrogen and oxygen atoms in total. The Bertz CT molecular complexity index is 374. The largest absolute Gasteiger partial charge is 0.416 e. The molecule has 1 rings (SSSR count). The van der Waals surface area contributed by atoms with Gasteiger partial charge >= 0.3 is 6.18 Å². The number of hydrogen-bond donors (Lipinski definition) is 0. The first kappa shape index (κ1) is 12.6. The molecule has 0 spiro atoms. The Labute approximate surface area is 95.8 Å². The molecule has 0 aliphatic rings. The monoisotopic (exact) mass is 337 g/mol. The van der Waals surface area contributed by atoms with Crippen molar-refractivity contribution < 1.29 is 22.0 Å². The van der Waals surface area contributed by atoms with Crippen molar-refractivity contribution >= 4 is 22.6 Å². The molecular weight excluding hydrogens is 332 g/mol. The minimum Gasteiger partial charge on any atom is -0.241 e. The third-order valence-electron chi connectivity index (χ3n) is 1.79. The molecule has 0 aliphatic heterocycles. The average Bonchev–Trinajstić information content (AvgIpc) is 2.06. The summed E-state index contributed by atoms with van der Waals surface area (Å²) in [5.41, 5.74) is -2.38. The third kappa shape index (κ3) is 2.76. The van der Waals surface area contributed by atoms with E-state index in [1.54, 1.807) is 0 Å². The van der Waals surface area contributed by atoms with Gasteiger partial charge in [0.05, 0.1) is 5.56 Å². The van der Waals surface area contributed by atoms with E-state index in [0.717, 1.165) is 13.0 Å². The first-order valence-electron chi connectivity index (χ1n) is 3.76. The molecular formula is C8H5F5IN. The van der Waals surface area contributed by atoms with Crippen molar-refractivity contribution in [3.8, 4) is 0 Å². The van der Waals surface area contributed by atoms with Crippen LogP contribution in [0.2, 0.25) is 0 Å². The smallest absolute Gasteiger partial charge is 0.241 e. The van der Waals surface area contributed by atoms with Crippen LogP contribution >= 0.6 is 22.6 Å². The van der Waals surface area contributed by atoms with E-state index in [-0.39, 0.29) is 3.70 Å². The Hall–Kier alpha value is -0.470. The zero-order valence-electron chi connectivity index (χ0n) is 7.37. The zero-order chi connectivity index (χ0) is 11.8. The molecule has 7 heteroatoms. The summed E-state index contributed by atoms with van der Waals surface area (Å²) >= 11 is 1.48. The molecule has 0 fully saturated rings. The quantitative estimate of drug-likeness (QED) is 0.430. The van der Waals surface area contributed by atoms with Gasteiger partial charge in [0.2, 0.25) is 0 Å². The Kier molecular flexibility index (Phi) is 3.51. The van der Waals surface area contributed by atoms with Gasteiger partial charge in [0, 0.05) is 0 Å². The highest BCUT2D eigenvalue weighted by molar-refractivity contribution is 14.1. The van der Waals surface area contributed by atoms with Crippen LogP contribution in [-0.4, -0.2) is 4.98 Å². The molecule has 0 aromatic carbocycles. The number of aromatic nitrogens is 1. The van der Waals surface area contributed by atoms with E-state index >= 15 is 0 Å². The number of nitrogens with zero attached hydrogens (tertiary/aromatic N) is 1. The zero-order valence-corrected chi connectivity index (χ0v) is 9.53. The fraction of sp³-hybridized carbons (Fsp3) is 0.375. The molecule has 0 N–H and O–H groups in total. The first-order chi connectivity index (χ1) is 6.73. The van der Waals surface area contributed by atoms with E-state index < -0.39 is 29.4 Å². The van der Waals surface area contributed by atoms with Gasteiger partial charge in [-0.1, -0.05) is 0 Å². The Morgan fingerprint density at radius 2 is 1.87 bits per heavy atom. The number of rotatable bonds is 1. The van der Waals surface area contributed by atoms with Crippen molar-refractivity contribution in [2.75, 3.05) is 0 Å². The number of halogens is 6. The Morgan fingerprint density at radius 1 is 1.33 bits per heavy atom. The van der Waals surface area contributed by atoms with Gasteiger partial charge in [-0.2, -0.15) is 13.2 Å². The van der Waals surface area contributed by atoms with Crippen molar-refractivity contribution in [3.05, 3.63) is 26.6 Å². The van der Waals surface area contributed by atoms with Gasteiger partial charge < -0.3 is 0 Å². The van der Waals surface area contributed by atoms with Crippen LogP contribution in [0.1, 0.15) is 23.2 Å². The van der Waals surface area contributed by atoms with Gasteiger partial charge in [0.1, 0.15) is 9.39 Å². The molecule has 15 heavy (non-hydrogen) atoms. The van der Waals surface area contributed by atoms with E-state index in [1.165, 1.54) is 22.6 Å². The Morgan fingerprint density at radius 3 is 2.27 bits per heavy atom. The molecule has 0 saturated heterocycles. The molecule has 0 saturated carbocycles. The molecule has 0 amide bonds. The second-order valence-electron chi connectivity index (χ2n) is 2.80. The van der Waals surface area contributed by atoms with E-state index in [4.69, 9.17) is 0 Å². The second-order valence-corrected chi connectivity index (χ2v) is 3.91. The topological polar surface area (TPSA) is 12.9 Å². The molecule has 84 valence electrons. The minimum atomic E-state index is -4.63. The maximum absolute atomic E-state index is 12.4. The van der Waals surface area contributed by atoms with Crippen LogP contribution in [0.15, 0.2) is 6.07 Å². The van der Waals surface area contributed by atoms with E-state index in [9.17, 15) is 22.0 Å². The normalized spacial score (nSPS) is 12.3. The van der Waals surface area contributed by atoms with Crippen LogP contribution in [0, 0.1) is 10.6 Å². The van der Waals surface area contributed by atoms with Gasteiger partial charge in [-0.25, -0.2) is 13.8 Å². The highest BCUT2D eigenvalue weighted by Gasteiger charge is 2.35. The van der Waals surface area contributed by atoms with Crippen molar-refractivity contribution in [3.63, 3.8) is 0 Å². The van der Waals surface area contributed by atoms with Crippen molar-refractivity contribution in [1.29, 1.82) is 0 Å². The summed E-state index contributed by atoms with van der Waals surface area (Å²) in [5, 5.41) is 0. The van der Waals surface area contributed by atoms with Crippen LogP contribution in [0.25, 0.3) is 0 Å².